The number of nitrogens with zero attached hydrogens (tertiary/aromatic N) is 4. The number of benzene rings is 1. The Morgan fingerprint density at radius 1 is 1.39 bits per heavy atom. The molecule has 0 amide bonds. The van der Waals surface area contributed by atoms with Gasteiger partial charge in [0.05, 0.1) is 23.2 Å². The fourth-order valence-corrected chi connectivity index (χ4v) is 1.84. The van der Waals surface area contributed by atoms with E-state index in [1.165, 1.54) is 0 Å². The molecule has 1 aromatic heterocycles. The minimum absolute atomic E-state index is 0.0119. The van der Waals surface area contributed by atoms with E-state index >= 15 is 0 Å². The van der Waals surface area contributed by atoms with Gasteiger partial charge in [0, 0.05) is 12.1 Å². The summed E-state index contributed by atoms with van der Waals surface area (Å²) in [6.07, 6.45) is -2.98. The highest BCUT2D eigenvalue weighted by Crippen LogP contribution is 2.35. The Labute approximate surface area is 129 Å². The number of nitrogens with one attached hydrogen (secondary N) is 1. The number of nitro groups is 1. The van der Waals surface area contributed by atoms with E-state index in [-0.39, 0.29) is 18.3 Å². The molecule has 0 radical (unpaired) electrons. The maximum absolute atomic E-state index is 12.6. The Hall–Kier alpha value is -2.65. The molecule has 0 aliphatic carbocycles. The Morgan fingerprint density at radius 3 is 2.61 bits per heavy atom. The van der Waals surface area contributed by atoms with Crippen molar-refractivity contribution in [2.75, 3.05) is 5.32 Å². The van der Waals surface area contributed by atoms with Gasteiger partial charge >= 0.3 is 6.18 Å². The highest BCUT2D eigenvalue weighted by molar-refractivity contribution is 5.62. The van der Waals surface area contributed by atoms with Gasteiger partial charge in [0.25, 0.3) is 5.69 Å². The molecular weight excluding hydrogens is 315 g/mol. The summed E-state index contributed by atoms with van der Waals surface area (Å²) in [6, 6.07) is 2.44. The summed E-state index contributed by atoms with van der Waals surface area (Å²) in [7, 11) is 0. The second kappa shape index (κ2) is 6.23. The second-order valence-corrected chi connectivity index (χ2v) is 5.12. The molecule has 124 valence electrons. The third kappa shape index (κ3) is 3.96. The quantitative estimate of drug-likeness (QED) is 0.671. The van der Waals surface area contributed by atoms with E-state index in [9.17, 15) is 23.3 Å². The fraction of sp³-hybridized carbons (Fsp3) is 0.385. The van der Waals surface area contributed by atoms with Gasteiger partial charge in [0.2, 0.25) is 0 Å². The first-order valence-corrected chi connectivity index (χ1v) is 6.68. The predicted molar refractivity (Wildman–Crippen MR) is 75.8 cm³/mol. The SMILES string of the molecule is CC(C)n1cc(CNc2ccc(C(F)(F)F)cc2[N+](=O)[O-])nn1. The van der Waals surface area contributed by atoms with Crippen molar-refractivity contribution in [2.45, 2.75) is 32.6 Å². The minimum Gasteiger partial charge on any atom is -0.374 e. The Kier molecular flexibility index (Phi) is 4.52. The van der Waals surface area contributed by atoms with Crippen LogP contribution in [0, 0.1) is 10.1 Å². The van der Waals surface area contributed by atoms with E-state index in [1.54, 1.807) is 10.9 Å². The van der Waals surface area contributed by atoms with Crippen molar-refractivity contribution >= 4 is 11.4 Å². The van der Waals surface area contributed by atoms with Crippen LogP contribution in [0.3, 0.4) is 0 Å². The number of aromatic nitrogens is 3. The first-order valence-electron chi connectivity index (χ1n) is 6.68. The summed E-state index contributed by atoms with van der Waals surface area (Å²) < 4.78 is 39.5. The molecule has 7 nitrogen and oxygen atoms in total. The van der Waals surface area contributed by atoms with Crippen LogP contribution in [0.2, 0.25) is 0 Å². The Bertz CT molecular complexity index is 712. The summed E-state index contributed by atoms with van der Waals surface area (Å²) in [5, 5.41) is 21.4. The Balaban J connectivity index is 2.20. The van der Waals surface area contributed by atoms with Gasteiger partial charge in [-0.1, -0.05) is 5.21 Å². The summed E-state index contributed by atoms with van der Waals surface area (Å²) in [5.41, 5.74) is -1.20. The summed E-state index contributed by atoms with van der Waals surface area (Å²) in [6.45, 7) is 3.93. The van der Waals surface area contributed by atoms with E-state index in [0.717, 1.165) is 12.1 Å². The van der Waals surface area contributed by atoms with Gasteiger partial charge < -0.3 is 5.32 Å². The average molecular weight is 329 g/mol. The molecule has 1 N–H and O–H groups in total. The Morgan fingerprint density at radius 2 is 2.09 bits per heavy atom. The molecule has 0 bridgehead atoms. The number of rotatable bonds is 5. The molecule has 23 heavy (non-hydrogen) atoms. The summed E-state index contributed by atoms with van der Waals surface area (Å²) in [4.78, 5) is 10.1. The molecule has 0 aliphatic heterocycles. The van der Waals surface area contributed by atoms with Crippen LogP contribution in [0.1, 0.15) is 31.1 Å². The van der Waals surface area contributed by atoms with E-state index in [1.807, 2.05) is 13.8 Å². The van der Waals surface area contributed by atoms with Crippen molar-refractivity contribution in [3.63, 3.8) is 0 Å². The monoisotopic (exact) mass is 329 g/mol. The number of halogens is 3. The van der Waals surface area contributed by atoms with Crippen molar-refractivity contribution < 1.29 is 18.1 Å². The molecule has 2 aromatic rings. The molecular formula is C13H14F3N5O2. The predicted octanol–water partition coefficient (Wildman–Crippen LogP) is 3.40. The van der Waals surface area contributed by atoms with Gasteiger partial charge in [0.15, 0.2) is 0 Å². The van der Waals surface area contributed by atoms with Gasteiger partial charge in [-0.05, 0) is 26.0 Å². The van der Waals surface area contributed by atoms with Gasteiger partial charge in [-0.3, -0.25) is 10.1 Å². The number of alkyl halides is 3. The smallest absolute Gasteiger partial charge is 0.374 e. The lowest BCUT2D eigenvalue weighted by molar-refractivity contribution is -0.384. The van der Waals surface area contributed by atoms with Crippen LogP contribution >= 0.6 is 0 Å². The number of nitro benzene ring substituents is 1. The van der Waals surface area contributed by atoms with Crippen molar-refractivity contribution in [3.8, 4) is 0 Å². The zero-order valence-corrected chi connectivity index (χ0v) is 12.3. The molecule has 0 spiro atoms. The third-order valence-electron chi connectivity index (χ3n) is 3.07. The largest absolute Gasteiger partial charge is 0.416 e. The maximum Gasteiger partial charge on any atom is 0.416 e. The first kappa shape index (κ1) is 16.7. The topological polar surface area (TPSA) is 85.9 Å². The average Bonchev–Trinajstić information content (AvgIpc) is 2.92. The number of hydrogen-bond acceptors (Lipinski definition) is 5. The van der Waals surface area contributed by atoms with Crippen molar-refractivity contribution in [1.29, 1.82) is 0 Å². The van der Waals surface area contributed by atoms with Crippen LogP contribution in [-0.4, -0.2) is 19.9 Å². The van der Waals surface area contributed by atoms with Crippen LogP contribution in [-0.2, 0) is 12.7 Å². The van der Waals surface area contributed by atoms with Crippen LogP contribution in [0.15, 0.2) is 24.4 Å². The van der Waals surface area contributed by atoms with Crippen LogP contribution in [0.5, 0.6) is 0 Å². The minimum atomic E-state index is -4.64. The second-order valence-electron chi connectivity index (χ2n) is 5.12. The van der Waals surface area contributed by atoms with Crippen LogP contribution in [0.4, 0.5) is 24.5 Å². The van der Waals surface area contributed by atoms with Gasteiger partial charge in [-0.25, -0.2) is 4.68 Å². The highest BCUT2D eigenvalue weighted by atomic mass is 19.4. The lowest BCUT2D eigenvalue weighted by Gasteiger charge is -2.09. The molecule has 1 aromatic carbocycles. The summed E-state index contributed by atoms with van der Waals surface area (Å²) in [5.74, 6) is 0. The lowest BCUT2D eigenvalue weighted by atomic mass is 10.1. The van der Waals surface area contributed by atoms with E-state index < -0.39 is 22.4 Å². The molecule has 0 saturated heterocycles. The van der Waals surface area contributed by atoms with E-state index in [0.29, 0.717) is 11.8 Å². The van der Waals surface area contributed by atoms with Gasteiger partial charge in [-0.15, -0.1) is 5.10 Å². The van der Waals surface area contributed by atoms with Crippen LogP contribution in [0.25, 0.3) is 0 Å². The zero-order chi connectivity index (χ0) is 17.2. The first-order chi connectivity index (χ1) is 10.7. The van der Waals surface area contributed by atoms with Gasteiger partial charge in [-0.2, -0.15) is 13.2 Å². The van der Waals surface area contributed by atoms with Crippen molar-refractivity contribution in [2.24, 2.45) is 0 Å². The standard InChI is InChI=1S/C13H14F3N5O2/c1-8(2)20-7-10(18-19-20)6-17-11-4-3-9(13(14,15)16)5-12(11)21(22)23/h3-5,7-8,17H,6H2,1-2H3. The molecule has 0 fully saturated rings. The number of hydrogen-bond donors (Lipinski definition) is 1. The third-order valence-corrected chi connectivity index (χ3v) is 3.07. The van der Waals surface area contributed by atoms with Crippen molar-refractivity contribution in [1.82, 2.24) is 15.0 Å². The summed E-state index contributed by atoms with van der Waals surface area (Å²) >= 11 is 0. The normalized spacial score (nSPS) is 11.7. The molecule has 2 rings (SSSR count). The highest BCUT2D eigenvalue weighted by Gasteiger charge is 2.33. The fourth-order valence-electron chi connectivity index (χ4n) is 1.84. The molecule has 0 saturated carbocycles. The van der Waals surface area contributed by atoms with Gasteiger partial charge in [0.1, 0.15) is 11.4 Å². The lowest BCUT2D eigenvalue weighted by Crippen LogP contribution is -2.08. The maximum atomic E-state index is 12.6. The molecule has 0 aliphatic rings. The molecule has 0 unspecified atom stereocenters. The molecule has 0 atom stereocenters. The van der Waals surface area contributed by atoms with E-state index in [4.69, 9.17) is 0 Å². The van der Waals surface area contributed by atoms with E-state index in [2.05, 4.69) is 15.6 Å². The number of anilines is 1. The molecule has 10 heteroatoms. The zero-order valence-electron chi connectivity index (χ0n) is 12.3. The molecule has 1 heterocycles. The van der Waals surface area contributed by atoms with Crippen molar-refractivity contribution in [3.05, 3.63) is 45.8 Å². The van der Waals surface area contributed by atoms with Crippen LogP contribution < -0.4 is 5.32 Å².